The molecule has 9 heteroatoms. The van der Waals surface area contributed by atoms with Gasteiger partial charge in [-0.05, 0) is 36.2 Å². The summed E-state index contributed by atoms with van der Waals surface area (Å²) in [5.74, 6) is -1.09. The van der Waals surface area contributed by atoms with Crippen molar-refractivity contribution in [3.05, 3.63) is 65.7 Å². The molecule has 0 bridgehead atoms. The zero-order chi connectivity index (χ0) is 21.4. The second kappa shape index (κ2) is 10.3. The largest absolute Gasteiger partial charge is 0.452 e. The van der Waals surface area contributed by atoms with Crippen molar-refractivity contribution in [2.45, 2.75) is 11.3 Å². The Morgan fingerprint density at radius 1 is 1.00 bits per heavy atom. The summed E-state index contributed by atoms with van der Waals surface area (Å²) >= 11 is 0. The molecule has 160 valence electrons. The van der Waals surface area contributed by atoms with Crippen LogP contribution in [0.4, 0.5) is 0 Å². The average molecular weight is 432 g/mol. The van der Waals surface area contributed by atoms with Gasteiger partial charge in [0.2, 0.25) is 10.0 Å². The monoisotopic (exact) mass is 432 g/mol. The number of amides is 1. The number of carbonyl (C=O) groups is 2. The highest BCUT2D eigenvalue weighted by Crippen LogP contribution is 2.18. The maximum absolute atomic E-state index is 12.6. The van der Waals surface area contributed by atoms with Crippen molar-refractivity contribution in [2.75, 3.05) is 39.5 Å². The number of rotatable bonds is 8. The number of esters is 1. The molecule has 2 aromatic carbocycles. The van der Waals surface area contributed by atoms with Gasteiger partial charge in [-0.25, -0.2) is 13.2 Å². The van der Waals surface area contributed by atoms with E-state index in [2.05, 4.69) is 5.32 Å². The molecule has 3 rings (SSSR count). The first kappa shape index (κ1) is 21.9. The zero-order valence-electron chi connectivity index (χ0n) is 16.5. The Balaban J connectivity index is 1.46. The van der Waals surface area contributed by atoms with Crippen LogP contribution in [0.2, 0.25) is 0 Å². The Labute approximate surface area is 175 Å². The number of carbonyl (C=O) groups excluding carboxylic acids is 2. The Hall–Kier alpha value is -2.75. The van der Waals surface area contributed by atoms with E-state index >= 15 is 0 Å². The Kier molecular flexibility index (Phi) is 7.56. The molecule has 0 unspecified atom stereocenters. The predicted octanol–water partition coefficient (Wildman–Crippen LogP) is 1.22. The van der Waals surface area contributed by atoms with Crippen LogP contribution < -0.4 is 5.32 Å². The lowest BCUT2D eigenvalue weighted by Gasteiger charge is -2.26. The number of hydrogen-bond acceptors (Lipinski definition) is 6. The number of sulfonamides is 1. The molecule has 0 atom stereocenters. The van der Waals surface area contributed by atoms with Crippen molar-refractivity contribution >= 4 is 21.9 Å². The lowest BCUT2D eigenvalue weighted by molar-refractivity contribution is -0.124. The minimum atomic E-state index is -3.63. The maximum atomic E-state index is 12.6. The topological polar surface area (TPSA) is 102 Å². The van der Waals surface area contributed by atoms with Gasteiger partial charge in [0.15, 0.2) is 6.61 Å². The fourth-order valence-corrected chi connectivity index (χ4v) is 4.36. The normalized spacial score (nSPS) is 14.8. The summed E-state index contributed by atoms with van der Waals surface area (Å²) in [4.78, 5) is 24.1. The molecule has 0 aromatic heterocycles. The van der Waals surface area contributed by atoms with E-state index < -0.39 is 28.5 Å². The van der Waals surface area contributed by atoms with Gasteiger partial charge < -0.3 is 14.8 Å². The fraction of sp³-hybridized carbons (Fsp3) is 0.333. The van der Waals surface area contributed by atoms with Crippen molar-refractivity contribution in [1.82, 2.24) is 9.62 Å². The lowest BCUT2D eigenvalue weighted by Crippen LogP contribution is -2.40. The summed E-state index contributed by atoms with van der Waals surface area (Å²) in [5, 5.41) is 2.69. The first-order valence-electron chi connectivity index (χ1n) is 9.62. The molecule has 0 radical (unpaired) electrons. The van der Waals surface area contributed by atoms with Crippen LogP contribution >= 0.6 is 0 Å². The maximum Gasteiger partial charge on any atom is 0.338 e. The van der Waals surface area contributed by atoms with Crippen molar-refractivity contribution in [3.8, 4) is 0 Å². The van der Waals surface area contributed by atoms with E-state index in [1.165, 1.54) is 28.6 Å². The van der Waals surface area contributed by atoms with Gasteiger partial charge in [-0.2, -0.15) is 4.31 Å². The standard InChI is InChI=1S/C21H24N2O6S/c24-20(22-11-10-17-4-2-1-3-5-17)16-29-21(25)18-6-8-19(9-7-18)30(26,27)23-12-14-28-15-13-23/h1-9H,10-16H2,(H,22,24). The summed E-state index contributed by atoms with van der Waals surface area (Å²) in [7, 11) is -3.63. The number of ether oxygens (including phenoxy) is 2. The van der Waals surface area contributed by atoms with Crippen molar-refractivity contribution in [2.24, 2.45) is 0 Å². The van der Waals surface area contributed by atoms with Gasteiger partial charge >= 0.3 is 5.97 Å². The van der Waals surface area contributed by atoms with Crippen molar-refractivity contribution in [3.63, 3.8) is 0 Å². The molecule has 0 spiro atoms. The molecule has 1 fully saturated rings. The molecule has 1 aliphatic heterocycles. The second-order valence-electron chi connectivity index (χ2n) is 6.70. The molecule has 1 heterocycles. The molecular formula is C21H24N2O6S. The average Bonchev–Trinajstić information content (AvgIpc) is 2.79. The molecule has 30 heavy (non-hydrogen) atoms. The fourth-order valence-electron chi connectivity index (χ4n) is 2.96. The predicted molar refractivity (Wildman–Crippen MR) is 109 cm³/mol. The highest BCUT2D eigenvalue weighted by atomic mass is 32.2. The highest BCUT2D eigenvalue weighted by molar-refractivity contribution is 7.89. The van der Waals surface area contributed by atoms with Gasteiger partial charge in [0.25, 0.3) is 5.91 Å². The number of hydrogen-bond donors (Lipinski definition) is 1. The van der Waals surface area contributed by atoms with Crippen LogP contribution in [0, 0.1) is 0 Å². The molecule has 1 aliphatic rings. The Morgan fingerprint density at radius 3 is 2.33 bits per heavy atom. The molecule has 8 nitrogen and oxygen atoms in total. The van der Waals surface area contributed by atoms with Gasteiger partial charge in [0.05, 0.1) is 23.7 Å². The minimum Gasteiger partial charge on any atom is -0.452 e. The van der Waals surface area contributed by atoms with Crippen LogP contribution in [-0.2, 0) is 30.7 Å². The van der Waals surface area contributed by atoms with Gasteiger partial charge in [0.1, 0.15) is 0 Å². The minimum absolute atomic E-state index is 0.0969. The van der Waals surface area contributed by atoms with Crippen LogP contribution in [0.25, 0.3) is 0 Å². The molecule has 1 N–H and O–H groups in total. The summed E-state index contributed by atoms with van der Waals surface area (Å²) < 4.78 is 36.7. The second-order valence-corrected chi connectivity index (χ2v) is 8.64. The third kappa shape index (κ3) is 5.88. The van der Waals surface area contributed by atoms with Crippen LogP contribution in [-0.4, -0.2) is 64.1 Å². The third-order valence-corrected chi connectivity index (χ3v) is 6.52. The van der Waals surface area contributed by atoms with Gasteiger partial charge in [-0.15, -0.1) is 0 Å². The van der Waals surface area contributed by atoms with Crippen LogP contribution in [0.5, 0.6) is 0 Å². The SMILES string of the molecule is O=C(COC(=O)c1ccc(S(=O)(=O)N2CCOCC2)cc1)NCCc1ccccc1. The summed E-state index contributed by atoms with van der Waals surface area (Å²) in [6.45, 7) is 1.35. The Morgan fingerprint density at radius 2 is 1.67 bits per heavy atom. The first-order chi connectivity index (χ1) is 14.5. The van der Waals surface area contributed by atoms with E-state index in [0.717, 1.165) is 5.56 Å². The molecule has 0 aliphatic carbocycles. The van der Waals surface area contributed by atoms with Crippen LogP contribution in [0.1, 0.15) is 15.9 Å². The van der Waals surface area contributed by atoms with Crippen LogP contribution in [0.15, 0.2) is 59.5 Å². The quantitative estimate of drug-likeness (QED) is 0.630. The molecule has 0 saturated carbocycles. The highest BCUT2D eigenvalue weighted by Gasteiger charge is 2.26. The number of nitrogens with zero attached hydrogens (tertiary/aromatic N) is 1. The van der Waals surface area contributed by atoms with Crippen molar-refractivity contribution in [1.29, 1.82) is 0 Å². The van der Waals surface area contributed by atoms with E-state index in [-0.39, 0.29) is 10.5 Å². The third-order valence-electron chi connectivity index (χ3n) is 4.61. The first-order valence-corrected chi connectivity index (χ1v) is 11.1. The van der Waals surface area contributed by atoms with Crippen molar-refractivity contribution < 1.29 is 27.5 Å². The Bertz CT molecular complexity index is 955. The van der Waals surface area contributed by atoms with E-state index in [4.69, 9.17) is 9.47 Å². The van der Waals surface area contributed by atoms with E-state index in [1.807, 2.05) is 30.3 Å². The van der Waals surface area contributed by atoms with Crippen LogP contribution in [0.3, 0.4) is 0 Å². The molecular weight excluding hydrogens is 408 g/mol. The van der Waals surface area contributed by atoms with Gasteiger partial charge in [-0.1, -0.05) is 30.3 Å². The summed E-state index contributed by atoms with van der Waals surface area (Å²) in [6, 6.07) is 15.2. The number of nitrogens with one attached hydrogen (secondary N) is 1. The lowest BCUT2D eigenvalue weighted by atomic mass is 10.1. The molecule has 1 amide bonds. The summed E-state index contributed by atoms with van der Waals surface area (Å²) in [5.41, 5.74) is 1.27. The van der Waals surface area contributed by atoms with E-state index in [1.54, 1.807) is 0 Å². The molecule has 1 saturated heterocycles. The van der Waals surface area contributed by atoms with Gasteiger partial charge in [-0.3, -0.25) is 4.79 Å². The smallest absolute Gasteiger partial charge is 0.338 e. The number of benzene rings is 2. The number of morpholine rings is 1. The van der Waals surface area contributed by atoms with E-state index in [9.17, 15) is 18.0 Å². The van der Waals surface area contributed by atoms with E-state index in [0.29, 0.717) is 39.3 Å². The zero-order valence-corrected chi connectivity index (χ0v) is 17.3. The van der Waals surface area contributed by atoms with Gasteiger partial charge in [0, 0.05) is 19.6 Å². The summed E-state index contributed by atoms with van der Waals surface area (Å²) in [6.07, 6.45) is 0.680. The molecule has 2 aromatic rings.